The van der Waals surface area contributed by atoms with Crippen molar-refractivity contribution in [3.8, 4) is 0 Å². The van der Waals surface area contributed by atoms with Gasteiger partial charge in [0.25, 0.3) is 0 Å². The Balaban J connectivity index is 5.23. The van der Waals surface area contributed by atoms with Crippen LogP contribution in [-0.4, -0.2) is 96.7 Å². The first-order valence-electron chi connectivity index (χ1n) is 33.7. The van der Waals surface area contributed by atoms with Crippen LogP contribution in [0.25, 0.3) is 0 Å². The summed E-state index contributed by atoms with van der Waals surface area (Å²) >= 11 is 0. The van der Waals surface area contributed by atoms with Crippen molar-refractivity contribution < 1.29 is 80.2 Å². The first kappa shape index (κ1) is 82.1. The molecule has 0 radical (unpaired) electrons. The molecule has 0 heterocycles. The molecule has 0 bridgehead atoms. The number of esters is 4. The lowest BCUT2D eigenvalue weighted by Gasteiger charge is -2.21. The summed E-state index contributed by atoms with van der Waals surface area (Å²) in [6.45, 7) is 13.9. The molecule has 19 heteroatoms. The van der Waals surface area contributed by atoms with E-state index in [2.05, 4.69) is 55.4 Å². The molecule has 0 aromatic heterocycles. The van der Waals surface area contributed by atoms with Crippen LogP contribution in [0.4, 0.5) is 0 Å². The van der Waals surface area contributed by atoms with Crippen LogP contribution in [0.2, 0.25) is 0 Å². The summed E-state index contributed by atoms with van der Waals surface area (Å²) in [4.78, 5) is 72.2. The van der Waals surface area contributed by atoms with Gasteiger partial charge in [0.1, 0.15) is 19.3 Å². The minimum absolute atomic E-state index is 0.102. The Bertz CT molecular complexity index is 1680. The van der Waals surface area contributed by atoms with Crippen LogP contribution < -0.4 is 0 Å². The Kier molecular flexibility index (Phi) is 53.9. The molecule has 0 aliphatic carbocycles. The van der Waals surface area contributed by atoms with Gasteiger partial charge < -0.3 is 33.8 Å². The van der Waals surface area contributed by atoms with Crippen LogP contribution in [0.3, 0.4) is 0 Å². The number of hydrogen-bond donors (Lipinski definition) is 3. The van der Waals surface area contributed by atoms with Crippen molar-refractivity contribution in [2.75, 3.05) is 39.6 Å². The fourth-order valence-corrected chi connectivity index (χ4v) is 11.2. The average molecular weight is 1240 g/mol. The zero-order valence-electron chi connectivity index (χ0n) is 54.5. The molecule has 0 spiro atoms. The minimum atomic E-state index is -4.95. The normalized spacial score (nSPS) is 14.7. The molecular weight excluding hydrogens is 1110 g/mol. The smallest absolute Gasteiger partial charge is 0.462 e. The second-order valence-corrected chi connectivity index (χ2v) is 28.1. The second-order valence-electron chi connectivity index (χ2n) is 25.2. The molecular formula is C65H126O17P2. The third kappa shape index (κ3) is 57.8. The largest absolute Gasteiger partial charge is 0.472 e. The highest BCUT2D eigenvalue weighted by molar-refractivity contribution is 7.47. The van der Waals surface area contributed by atoms with Crippen molar-refractivity contribution in [1.82, 2.24) is 0 Å². The van der Waals surface area contributed by atoms with E-state index in [1.165, 1.54) is 103 Å². The highest BCUT2D eigenvalue weighted by Gasteiger charge is 2.30. The van der Waals surface area contributed by atoms with Crippen molar-refractivity contribution in [3.05, 3.63) is 0 Å². The van der Waals surface area contributed by atoms with Crippen molar-refractivity contribution in [2.24, 2.45) is 23.7 Å². The summed E-state index contributed by atoms with van der Waals surface area (Å²) in [6, 6.07) is 0. The van der Waals surface area contributed by atoms with Gasteiger partial charge in [0.05, 0.1) is 26.4 Å². The number of aliphatic hydroxyl groups is 1. The van der Waals surface area contributed by atoms with Gasteiger partial charge in [-0.25, -0.2) is 9.13 Å². The van der Waals surface area contributed by atoms with E-state index < -0.39 is 97.5 Å². The molecule has 84 heavy (non-hydrogen) atoms. The predicted molar refractivity (Wildman–Crippen MR) is 335 cm³/mol. The molecule has 3 N–H and O–H groups in total. The van der Waals surface area contributed by atoms with Gasteiger partial charge in [-0.1, -0.05) is 261 Å². The molecule has 0 fully saturated rings. The summed E-state index contributed by atoms with van der Waals surface area (Å²) in [5.74, 6) is 0.742. The zero-order chi connectivity index (χ0) is 62.5. The maximum absolute atomic E-state index is 13.0. The van der Waals surface area contributed by atoms with Crippen LogP contribution in [0.15, 0.2) is 0 Å². The molecule has 6 atom stereocenters. The Morgan fingerprint density at radius 1 is 0.333 bits per heavy atom. The van der Waals surface area contributed by atoms with Gasteiger partial charge >= 0.3 is 39.5 Å². The van der Waals surface area contributed by atoms with E-state index in [9.17, 15) is 43.2 Å². The van der Waals surface area contributed by atoms with Crippen LogP contribution in [0.5, 0.6) is 0 Å². The van der Waals surface area contributed by atoms with E-state index in [-0.39, 0.29) is 25.7 Å². The van der Waals surface area contributed by atoms with E-state index in [0.717, 1.165) is 115 Å². The third-order valence-electron chi connectivity index (χ3n) is 15.2. The molecule has 0 amide bonds. The van der Waals surface area contributed by atoms with Gasteiger partial charge in [0, 0.05) is 25.7 Å². The number of phosphoric acid groups is 2. The minimum Gasteiger partial charge on any atom is -0.462 e. The number of carbonyl (C=O) groups is 4. The fraction of sp³-hybridized carbons (Fsp3) is 0.938. The Labute approximate surface area is 511 Å². The molecule has 0 saturated heterocycles. The highest BCUT2D eigenvalue weighted by atomic mass is 31.2. The van der Waals surface area contributed by atoms with E-state index in [0.29, 0.717) is 37.5 Å². The van der Waals surface area contributed by atoms with Crippen molar-refractivity contribution in [1.29, 1.82) is 0 Å². The van der Waals surface area contributed by atoms with Crippen LogP contribution in [0, 0.1) is 23.7 Å². The van der Waals surface area contributed by atoms with Crippen molar-refractivity contribution in [3.63, 3.8) is 0 Å². The maximum Gasteiger partial charge on any atom is 0.472 e. The number of ether oxygens (including phenoxy) is 4. The van der Waals surface area contributed by atoms with Crippen molar-refractivity contribution >= 4 is 39.5 Å². The van der Waals surface area contributed by atoms with Gasteiger partial charge in [-0.2, -0.15) is 0 Å². The third-order valence-corrected chi connectivity index (χ3v) is 17.1. The molecule has 0 aromatic rings. The standard InChI is InChI=1S/C65H126O17P2/c1-9-58(8)44-36-28-22-24-30-38-46-63(68)76-52-61(82-65(70)48-40-32-20-16-18-26-34-42-56(4)5)54-80-84(73,74)78-50-59(66)49-77-83(71,72)79-53-60(51-75-62(67)45-37-29-23-21-27-35-43-57(6)7)81-64(69)47-39-31-19-15-13-11-10-12-14-17-25-33-41-55(2)3/h55-61,66H,9-54H2,1-8H3,(H,71,72)(H,73,74)/t58?,59-,60-,61-/m1/s1. The van der Waals surface area contributed by atoms with Crippen LogP contribution in [0.1, 0.15) is 312 Å². The highest BCUT2D eigenvalue weighted by Crippen LogP contribution is 2.45. The number of rotatable bonds is 62. The lowest BCUT2D eigenvalue weighted by Crippen LogP contribution is -2.30. The zero-order valence-corrected chi connectivity index (χ0v) is 56.3. The molecule has 0 aliphatic heterocycles. The first-order valence-corrected chi connectivity index (χ1v) is 36.7. The molecule has 0 aliphatic rings. The molecule has 3 unspecified atom stereocenters. The van der Waals surface area contributed by atoms with Gasteiger partial charge in [0.2, 0.25) is 0 Å². The predicted octanol–water partition coefficient (Wildman–Crippen LogP) is 17.8. The average Bonchev–Trinajstić information content (AvgIpc) is 3.50. The Morgan fingerprint density at radius 3 is 0.845 bits per heavy atom. The van der Waals surface area contributed by atoms with E-state index >= 15 is 0 Å². The quantitative estimate of drug-likeness (QED) is 0.0222. The number of phosphoric ester groups is 2. The molecule has 0 saturated carbocycles. The van der Waals surface area contributed by atoms with Gasteiger partial charge in [-0.15, -0.1) is 0 Å². The summed E-state index contributed by atoms with van der Waals surface area (Å²) in [6.07, 6.45) is 35.1. The molecule has 17 nitrogen and oxygen atoms in total. The first-order chi connectivity index (χ1) is 40.1. The van der Waals surface area contributed by atoms with E-state index in [1.54, 1.807) is 0 Å². The molecule has 498 valence electrons. The number of hydrogen-bond acceptors (Lipinski definition) is 15. The Hall–Kier alpha value is -1.94. The maximum atomic E-state index is 13.0. The van der Waals surface area contributed by atoms with E-state index in [1.807, 2.05) is 0 Å². The van der Waals surface area contributed by atoms with E-state index in [4.69, 9.17) is 37.0 Å². The lowest BCUT2D eigenvalue weighted by molar-refractivity contribution is -0.161. The van der Waals surface area contributed by atoms with Gasteiger partial charge in [0.15, 0.2) is 12.2 Å². The second kappa shape index (κ2) is 55.2. The van der Waals surface area contributed by atoms with Crippen LogP contribution >= 0.6 is 15.6 Å². The number of aliphatic hydroxyl groups excluding tert-OH is 1. The van der Waals surface area contributed by atoms with Crippen molar-refractivity contribution in [2.45, 2.75) is 331 Å². The molecule has 0 aromatic carbocycles. The summed E-state index contributed by atoms with van der Waals surface area (Å²) in [5.41, 5.74) is 0. The number of unbranched alkanes of at least 4 members (excludes halogenated alkanes) is 27. The topological polar surface area (TPSA) is 237 Å². The van der Waals surface area contributed by atoms with Gasteiger partial charge in [-0.05, 0) is 49.4 Å². The summed E-state index contributed by atoms with van der Waals surface area (Å²) < 4.78 is 68.0. The lowest BCUT2D eigenvalue weighted by atomic mass is 10.00. The fourth-order valence-electron chi connectivity index (χ4n) is 9.57. The van der Waals surface area contributed by atoms with Gasteiger partial charge in [-0.3, -0.25) is 37.3 Å². The SMILES string of the molecule is CCC(C)CCCCCCCCC(=O)OC[C@H](COP(=O)(O)OC[C@H](O)COP(=O)(O)OC[C@@H](COC(=O)CCCCCCCCC(C)C)OC(=O)CCCCCCCCCCCCCCC(C)C)OC(=O)CCCCCCCCCC(C)C. The monoisotopic (exact) mass is 1240 g/mol. The van der Waals surface area contributed by atoms with Crippen LogP contribution in [-0.2, 0) is 65.4 Å². The Morgan fingerprint density at radius 2 is 0.571 bits per heavy atom. The number of carbonyl (C=O) groups excluding carboxylic acids is 4. The summed E-state index contributed by atoms with van der Waals surface area (Å²) in [5, 5.41) is 10.5. The molecule has 0 rings (SSSR count). The summed E-state index contributed by atoms with van der Waals surface area (Å²) in [7, 11) is -9.89.